The largest absolute Gasteiger partial charge is 0.508 e. The first-order chi connectivity index (χ1) is 15.5. The molecule has 4 rings (SSSR count). The molecule has 0 saturated heterocycles. The number of aliphatic hydroxyl groups is 1. The standard InChI is InChI=1S/C25H21NO5S/c27-14-13-26-23(30)12-3-16-1-9-20(10-2-16)31-24-21-11-8-19(29)15-22(21)32-25(24)17-4-6-18(28)7-5-17/h1-12,15,27-29H,13-14H2,(H,26,30)/b12-3+. The van der Waals surface area contributed by atoms with Crippen LogP contribution in [-0.4, -0.2) is 34.4 Å². The van der Waals surface area contributed by atoms with Gasteiger partial charge in [0, 0.05) is 22.7 Å². The Balaban J connectivity index is 1.62. The zero-order valence-electron chi connectivity index (χ0n) is 17.0. The highest BCUT2D eigenvalue weighted by molar-refractivity contribution is 7.22. The molecule has 0 fully saturated rings. The van der Waals surface area contributed by atoms with Gasteiger partial charge in [-0.25, -0.2) is 0 Å². The number of aliphatic hydroxyl groups excluding tert-OH is 1. The Bertz CT molecular complexity index is 1260. The van der Waals surface area contributed by atoms with Crippen molar-refractivity contribution in [2.45, 2.75) is 0 Å². The Morgan fingerprint density at radius 1 is 0.969 bits per heavy atom. The summed E-state index contributed by atoms with van der Waals surface area (Å²) in [6.45, 7) is 0.111. The van der Waals surface area contributed by atoms with E-state index in [1.54, 1.807) is 30.3 Å². The lowest BCUT2D eigenvalue weighted by molar-refractivity contribution is -0.116. The van der Waals surface area contributed by atoms with E-state index >= 15 is 0 Å². The average molecular weight is 448 g/mol. The van der Waals surface area contributed by atoms with Crippen LogP contribution in [-0.2, 0) is 4.79 Å². The minimum absolute atomic E-state index is 0.103. The first kappa shape index (κ1) is 21.4. The third-order valence-electron chi connectivity index (χ3n) is 4.70. The molecule has 0 aliphatic heterocycles. The van der Waals surface area contributed by atoms with Gasteiger partial charge in [-0.3, -0.25) is 4.79 Å². The lowest BCUT2D eigenvalue weighted by Gasteiger charge is -2.09. The molecule has 3 aromatic carbocycles. The van der Waals surface area contributed by atoms with E-state index in [1.807, 2.05) is 42.5 Å². The molecule has 1 amide bonds. The van der Waals surface area contributed by atoms with E-state index < -0.39 is 0 Å². The predicted octanol–water partition coefficient (Wildman–Crippen LogP) is 4.89. The molecule has 0 atom stereocenters. The summed E-state index contributed by atoms with van der Waals surface area (Å²) < 4.78 is 7.14. The highest BCUT2D eigenvalue weighted by atomic mass is 32.1. The number of nitrogens with one attached hydrogen (secondary N) is 1. The van der Waals surface area contributed by atoms with E-state index in [0.717, 1.165) is 26.1 Å². The summed E-state index contributed by atoms with van der Waals surface area (Å²) in [4.78, 5) is 12.5. The normalized spacial score (nSPS) is 11.2. The summed E-state index contributed by atoms with van der Waals surface area (Å²) in [6.07, 6.45) is 3.09. The number of hydrogen-bond donors (Lipinski definition) is 4. The average Bonchev–Trinajstić information content (AvgIpc) is 3.14. The first-order valence-electron chi connectivity index (χ1n) is 9.93. The third kappa shape index (κ3) is 4.91. The second kappa shape index (κ2) is 9.55. The minimum Gasteiger partial charge on any atom is -0.508 e. The van der Waals surface area contributed by atoms with Crippen LogP contribution in [0.1, 0.15) is 5.56 Å². The maximum Gasteiger partial charge on any atom is 0.244 e. The van der Waals surface area contributed by atoms with Crippen molar-refractivity contribution in [3.63, 3.8) is 0 Å². The van der Waals surface area contributed by atoms with Gasteiger partial charge in [0.2, 0.25) is 5.91 Å². The number of ether oxygens (including phenoxy) is 1. The van der Waals surface area contributed by atoms with E-state index in [4.69, 9.17) is 9.84 Å². The van der Waals surface area contributed by atoms with Gasteiger partial charge in [0.25, 0.3) is 0 Å². The smallest absolute Gasteiger partial charge is 0.244 e. The maximum atomic E-state index is 11.6. The quantitative estimate of drug-likeness (QED) is 0.302. The number of phenolic OH excluding ortho intramolecular Hbond substituents is 2. The fraction of sp³-hybridized carbons (Fsp3) is 0.0800. The zero-order valence-corrected chi connectivity index (χ0v) is 17.8. The number of aromatic hydroxyl groups is 2. The second-order valence-corrected chi connectivity index (χ2v) is 8.06. The molecule has 6 nitrogen and oxygen atoms in total. The van der Waals surface area contributed by atoms with Crippen LogP contribution >= 0.6 is 11.3 Å². The van der Waals surface area contributed by atoms with Crippen LogP contribution in [0.2, 0.25) is 0 Å². The lowest BCUT2D eigenvalue weighted by atomic mass is 10.1. The van der Waals surface area contributed by atoms with Crippen LogP contribution in [0.5, 0.6) is 23.0 Å². The van der Waals surface area contributed by atoms with E-state index in [-0.39, 0.29) is 30.6 Å². The highest BCUT2D eigenvalue weighted by Crippen LogP contribution is 2.47. The van der Waals surface area contributed by atoms with E-state index in [1.165, 1.54) is 17.4 Å². The fourth-order valence-electron chi connectivity index (χ4n) is 3.14. The molecular formula is C25H21NO5S. The molecule has 32 heavy (non-hydrogen) atoms. The van der Waals surface area contributed by atoms with Crippen LogP contribution in [0.25, 0.3) is 26.6 Å². The van der Waals surface area contributed by atoms with Gasteiger partial charge in [-0.1, -0.05) is 12.1 Å². The molecule has 0 spiro atoms. The second-order valence-electron chi connectivity index (χ2n) is 7.01. The molecule has 4 N–H and O–H groups in total. The lowest BCUT2D eigenvalue weighted by Crippen LogP contribution is -2.24. The van der Waals surface area contributed by atoms with Crippen molar-refractivity contribution in [3.8, 4) is 33.4 Å². The van der Waals surface area contributed by atoms with E-state index in [9.17, 15) is 15.0 Å². The number of benzene rings is 3. The summed E-state index contributed by atoms with van der Waals surface area (Å²) >= 11 is 1.50. The van der Waals surface area contributed by atoms with Gasteiger partial charge < -0.3 is 25.4 Å². The Morgan fingerprint density at radius 2 is 1.69 bits per heavy atom. The number of carbonyl (C=O) groups excluding carboxylic acids is 1. The zero-order chi connectivity index (χ0) is 22.5. The number of thiophene rings is 1. The van der Waals surface area contributed by atoms with Crippen molar-refractivity contribution in [1.82, 2.24) is 5.32 Å². The number of carbonyl (C=O) groups is 1. The summed E-state index contributed by atoms with van der Waals surface area (Å²) in [5.74, 6) is 1.39. The van der Waals surface area contributed by atoms with E-state index in [0.29, 0.717) is 11.5 Å². The van der Waals surface area contributed by atoms with Gasteiger partial charge >= 0.3 is 0 Å². The van der Waals surface area contributed by atoms with Crippen LogP contribution < -0.4 is 10.1 Å². The molecule has 0 bridgehead atoms. The molecule has 0 unspecified atom stereocenters. The molecule has 7 heteroatoms. The Kier molecular flexibility index (Phi) is 6.39. The molecule has 0 aliphatic carbocycles. The third-order valence-corrected chi connectivity index (χ3v) is 5.88. The van der Waals surface area contributed by atoms with Gasteiger partial charge in [-0.05, 0) is 71.8 Å². The number of hydrogen-bond acceptors (Lipinski definition) is 6. The summed E-state index contributed by atoms with van der Waals surface area (Å²) in [5, 5.41) is 31.7. The van der Waals surface area contributed by atoms with Gasteiger partial charge in [-0.2, -0.15) is 0 Å². The van der Waals surface area contributed by atoms with Crippen LogP contribution in [0.4, 0.5) is 0 Å². The monoisotopic (exact) mass is 447 g/mol. The molecule has 162 valence electrons. The van der Waals surface area contributed by atoms with Gasteiger partial charge in [-0.15, -0.1) is 11.3 Å². The number of phenols is 2. The molecule has 4 aromatic rings. The Hall–Kier alpha value is -3.81. The van der Waals surface area contributed by atoms with Crippen molar-refractivity contribution >= 4 is 33.4 Å². The molecule has 1 heterocycles. The van der Waals surface area contributed by atoms with Crippen molar-refractivity contribution in [2.24, 2.45) is 0 Å². The SMILES string of the molecule is O=C(/C=C/c1ccc(Oc2c(-c3ccc(O)cc3)sc3cc(O)ccc23)cc1)NCCO. The molecule has 0 radical (unpaired) electrons. The number of amides is 1. The van der Waals surface area contributed by atoms with Crippen LogP contribution in [0.15, 0.2) is 72.8 Å². The van der Waals surface area contributed by atoms with Gasteiger partial charge in [0.15, 0.2) is 5.75 Å². The fourth-order valence-corrected chi connectivity index (χ4v) is 4.31. The Labute approximate surface area is 188 Å². The van der Waals surface area contributed by atoms with Crippen molar-refractivity contribution in [3.05, 3.63) is 78.4 Å². The predicted molar refractivity (Wildman–Crippen MR) is 126 cm³/mol. The highest BCUT2D eigenvalue weighted by Gasteiger charge is 2.17. The molecule has 0 saturated carbocycles. The van der Waals surface area contributed by atoms with Crippen molar-refractivity contribution < 1.29 is 24.9 Å². The van der Waals surface area contributed by atoms with Crippen LogP contribution in [0.3, 0.4) is 0 Å². The summed E-state index contributed by atoms with van der Waals surface area (Å²) in [5.41, 5.74) is 1.72. The van der Waals surface area contributed by atoms with E-state index in [2.05, 4.69) is 5.32 Å². The van der Waals surface area contributed by atoms with Gasteiger partial charge in [0.05, 0.1) is 11.5 Å². The van der Waals surface area contributed by atoms with Gasteiger partial charge in [0.1, 0.15) is 17.2 Å². The number of fused-ring (bicyclic) bond motifs is 1. The van der Waals surface area contributed by atoms with Crippen LogP contribution in [0, 0.1) is 0 Å². The maximum absolute atomic E-state index is 11.6. The van der Waals surface area contributed by atoms with Crippen molar-refractivity contribution in [1.29, 1.82) is 0 Å². The summed E-state index contributed by atoms with van der Waals surface area (Å²) in [7, 11) is 0. The molecule has 1 aromatic heterocycles. The summed E-state index contributed by atoms with van der Waals surface area (Å²) in [6, 6.07) is 19.3. The Morgan fingerprint density at radius 3 is 2.41 bits per heavy atom. The molecular weight excluding hydrogens is 426 g/mol. The minimum atomic E-state index is -0.272. The first-order valence-corrected chi connectivity index (χ1v) is 10.7. The molecule has 0 aliphatic rings. The topological polar surface area (TPSA) is 99.0 Å². The van der Waals surface area contributed by atoms with Crippen molar-refractivity contribution in [2.75, 3.05) is 13.2 Å². The number of rotatable bonds is 7.